The first-order valence-electron chi connectivity index (χ1n) is 6.58. The summed E-state index contributed by atoms with van der Waals surface area (Å²) < 4.78 is 0. The number of carbonyl (C=O) groups is 2. The molecule has 0 saturated heterocycles. The van der Waals surface area contributed by atoms with Crippen molar-refractivity contribution in [1.29, 1.82) is 0 Å². The molecule has 3 saturated carbocycles. The molecule has 0 radical (unpaired) electrons. The van der Waals surface area contributed by atoms with Crippen LogP contribution in [-0.2, 0) is 9.59 Å². The van der Waals surface area contributed by atoms with E-state index in [1.807, 2.05) is 0 Å². The molecule has 0 aromatic rings. The van der Waals surface area contributed by atoms with Gasteiger partial charge in [-0.3, -0.25) is 9.59 Å². The number of carbonyl (C=O) groups excluding carboxylic acids is 2. The van der Waals surface area contributed by atoms with Gasteiger partial charge in [-0.25, -0.2) is 0 Å². The van der Waals surface area contributed by atoms with Gasteiger partial charge >= 0.3 is 0 Å². The van der Waals surface area contributed by atoms with Crippen molar-refractivity contribution < 1.29 is 9.59 Å². The van der Waals surface area contributed by atoms with Crippen LogP contribution in [0.1, 0.15) is 52.4 Å². The van der Waals surface area contributed by atoms with E-state index in [-0.39, 0.29) is 10.8 Å². The van der Waals surface area contributed by atoms with Crippen molar-refractivity contribution in [3.05, 3.63) is 0 Å². The van der Waals surface area contributed by atoms with Crippen molar-refractivity contribution in [2.45, 2.75) is 52.4 Å². The van der Waals surface area contributed by atoms with Crippen molar-refractivity contribution in [1.82, 2.24) is 0 Å². The molecule has 0 aromatic heterocycles. The van der Waals surface area contributed by atoms with Crippen molar-refractivity contribution >= 4 is 11.6 Å². The third-order valence-corrected chi connectivity index (χ3v) is 6.02. The summed E-state index contributed by atoms with van der Waals surface area (Å²) >= 11 is 0. The van der Waals surface area contributed by atoms with E-state index in [1.165, 1.54) is 12.8 Å². The molecule has 2 nitrogen and oxygen atoms in total. The highest BCUT2D eigenvalue weighted by atomic mass is 16.1. The number of fused-ring (bicyclic) bond motifs is 5. The average Bonchev–Trinajstić information content (AvgIpc) is 2.88. The predicted molar refractivity (Wildman–Crippen MR) is 60.9 cm³/mol. The van der Waals surface area contributed by atoms with E-state index >= 15 is 0 Å². The SMILES string of the molecule is CC(=O)[C@]12CCC[C@@]1(C(C)=O)[C@@H]1CC[C@H]2C1. The fourth-order valence-electron chi connectivity index (χ4n) is 5.66. The summed E-state index contributed by atoms with van der Waals surface area (Å²) in [6.45, 7) is 3.45. The summed E-state index contributed by atoms with van der Waals surface area (Å²) in [6.07, 6.45) is 6.52. The Morgan fingerprint density at radius 1 is 0.938 bits per heavy atom. The van der Waals surface area contributed by atoms with Crippen LogP contribution in [0.15, 0.2) is 0 Å². The lowest BCUT2D eigenvalue weighted by Crippen LogP contribution is -2.51. The summed E-state index contributed by atoms with van der Waals surface area (Å²) in [5.74, 6) is 1.63. The first kappa shape index (κ1) is 10.5. The molecule has 4 atom stereocenters. The highest BCUT2D eigenvalue weighted by Crippen LogP contribution is 2.73. The van der Waals surface area contributed by atoms with Gasteiger partial charge in [0.2, 0.25) is 0 Å². The molecule has 0 aliphatic heterocycles. The van der Waals surface area contributed by atoms with E-state index in [9.17, 15) is 9.59 Å². The van der Waals surface area contributed by atoms with Crippen molar-refractivity contribution in [2.24, 2.45) is 22.7 Å². The first-order chi connectivity index (χ1) is 7.55. The van der Waals surface area contributed by atoms with Crippen molar-refractivity contribution in [3.63, 3.8) is 0 Å². The Balaban J connectivity index is 2.19. The van der Waals surface area contributed by atoms with E-state index in [4.69, 9.17) is 0 Å². The highest BCUT2D eigenvalue weighted by molar-refractivity contribution is 5.95. The fourth-order valence-corrected chi connectivity index (χ4v) is 5.66. The molecule has 3 rings (SSSR count). The maximum Gasteiger partial charge on any atom is 0.137 e. The van der Waals surface area contributed by atoms with Crippen LogP contribution >= 0.6 is 0 Å². The summed E-state index contributed by atoms with van der Waals surface area (Å²) in [4.78, 5) is 24.4. The third-order valence-electron chi connectivity index (χ3n) is 6.02. The molecule has 0 aromatic carbocycles. The Hall–Kier alpha value is -0.660. The van der Waals surface area contributed by atoms with Crippen LogP contribution in [0.25, 0.3) is 0 Å². The molecule has 0 amide bonds. The summed E-state index contributed by atoms with van der Waals surface area (Å²) in [5, 5.41) is 0. The van der Waals surface area contributed by atoms with Crippen LogP contribution in [-0.4, -0.2) is 11.6 Å². The topological polar surface area (TPSA) is 34.1 Å². The van der Waals surface area contributed by atoms with Gasteiger partial charge in [-0.05, 0) is 57.8 Å². The number of hydrogen-bond acceptors (Lipinski definition) is 2. The number of Topliss-reactive ketones (excluding diaryl/α,β-unsaturated/α-hetero) is 2. The van der Waals surface area contributed by atoms with Gasteiger partial charge in [-0.2, -0.15) is 0 Å². The molecule has 3 aliphatic rings. The van der Waals surface area contributed by atoms with Crippen LogP contribution in [0.5, 0.6) is 0 Å². The van der Waals surface area contributed by atoms with Gasteiger partial charge < -0.3 is 0 Å². The van der Waals surface area contributed by atoms with E-state index in [1.54, 1.807) is 13.8 Å². The summed E-state index contributed by atoms with van der Waals surface area (Å²) in [6, 6.07) is 0. The third kappa shape index (κ3) is 0.834. The van der Waals surface area contributed by atoms with Gasteiger partial charge in [-0.15, -0.1) is 0 Å². The van der Waals surface area contributed by atoms with Crippen molar-refractivity contribution in [2.75, 3.05) is 0 Å². The molecule has 0 N–H and O–H groups in total. The van der Waals surface area contributed by atoms with Crippen LogP contribution in [0.4, 0.5) is 0 Å². The minimum Gasteiger partial charge on any atom is -0.299 e. The van der Waals surface area contributed by atoms with Crippen LogP contribution in [0.3, 0.4) is 0 Å². The number of ketones is 2. The van der Waals surface area contributed by atoms with Crippen molar-refractivity contribution in [3.8, 4) is 0 Å². The zero-order valence-corrected chi connectivity index (χ0v) is 10.2. The lowest BCUT2D eigenvalue weighted by atomic mass is 9.54. The maximum absolute atomic E-state index is 12.2. The van der Waals surface area contributed by atoms with Crippen LogP contribution < -0.4 is 0 Å². The molecule has 0 unspecified atom stereocenters. The molecule has 88 valence electrons. The molecule has 3 fully saturated rings. The average molecular weight is 220 g/mol. The monoisotopic (exact) mass is 220 g/mol. The van der Waals surface area contributed by atoms with Gasteiger partial charge in [0.15, 0.2) is 0 Å². The predicted octanol–water partition coefficient (Wildman–Crippen LogP) is 2.75. The van der Waals surface area contributed by atoms with Crippen LogP contribution in [0.2, 0.25) is 0 Å². The molecule has 16 heavy (non-hydrogen) atoms. The standard InChI is InChI=1S/C14H20O2/c1-9(15)13-6-3-7-14(13,10(2)16)12-5-4-11(13)8-12/h11-12H,3-8H2,1-2H3/t11-,12+,13-,14+. The Morgan fingerprint density at radius 2 is 1.38 bits per heavy atom. The summed E-state index contributed by atoms with van der Waals surface area (Å²) in [7, 11) is 0. The molecule has 2 bridgehead atoms. The van der Waals surface area contributed by atoms with Crippen LogP contribution in [0, 0.1) is 22.7 Å². The molecule has 2 heteroatoms. The largest absolute Gasteiger partial charge is 0.299 e. The number of hydrogen-bond donors (Lipinski definition) is 0. The smallest absolute Gasteiger partial charge is 0.137 e. The second-order valence-corrected chi connectivity index (χ2v) is 6.12. The van der Waals surface area contributed by atoms with E-state index in [0.29, 0.717) is 23.4 Å². The molecule has 3 aliphatic carbocycles. The minimum atomic E-state index is -0.248. The lowest BCUT2D eigenvalue weighted by molar-refractivity contribution is -0.150. The first-order valence-corrected chi connectivity index (χ1v) is 6.58. The van der Waals surface area contributed by atoms with Gasteiger partial charge in [0.05, 0.1) is 0 Å². The lowest BCUT2D eigenvalue weighted by Gasteiger charge is -2.46. The minimum absolute atomic E-state index is 0.248. The number of rotatable bonds is 2. The normalized spacial score (nSPS) is 49.4. The molecular weight excluding hydrogens is 200 g/mol. The maximum atomic E-state index is 12.2. The van der Waals surface area contributed by atoms with Gasteiger partial charge in [0.25, 0.3) is 0 Å². The van der Waals surface area contributed by atoms with Gasteiger partial charge in [-0.1, -0.05) is 6.42 Å². The Morgan fingerprint density at radius 3 is 1.75 bits per heavy atom. The van der Waals surface area contributed by atoms with Gasteiger partial charge in [0.1, 0.15) is 11.6 Å². The summed E-state index contributed by atoms with van der Waals surface area (Å²) in [5.41, 5.74) is -0.497. The Bertz CT molecular complexity index is 339. The van der Waals surface area contributed by atoms with E-state index < -0.39 is 0 Å². The molecular formula is C14H20O2. The second kappa shape index (κ2) is 2.96. The zero-order valence-electron chi connectivity index (χ0n) is 10.2. The zero-order chi connectivity index (χ0) is 11.6. The molecule has 0 spiro atoms. The van der Waals surface area contributed by atoms with E-state index in [0.717, 1.165) is 25.7 Å². The highest BCUT2D eigenvalue weighted by Gasteiger charge is 2.72. The fraction of sp³-hybridized carbons (Fsp3) is 0.857. The van der Waals surface area contributed by atoms with E-state index in [2.05, 4.69) is 0 Å². The Kier molecular flexibility index (Phi) is 1.94. The molecule has 0 heterocycles. The quantitative estimate of drug-likeness (QED) is 0.717. The Labute approximate surface area is 96.8 Å². The second-order valence-electron chi connectivity index (χ2n) is 6.12. The van der Waals surface area contributed by atoms with Gasteiger partial charge in [0, 0.05) is 10.8 Å².